The summed E-state index contributed by atoms with van der Waals surface area (Å²) >= 11 is 0. The van der Waals surface area contributed by atoms with Gasteiger partial charge in [0.05, 0.1) is 39.1 Å². The Morgan fingerprint density at radius 1 is 0.706 bits per heavy atom. The molecule has 0 aliphatic heterocycles. The molecule has 2 aromatic carbocycles. The first-order valence-corrected chi connectivity index (χ1v) is 23.6. The highest BCUT2D eigenvalue weighted by Crippen LogP contribution is 2.39. The summed E-state index contributed by atoms with van der Waals surface area (Å²) in [7, 11) is 4.28. The SMILES string of the molecule is C.C.CC.CC(=O)OCC(C)C.CC(=O)Oc1cc(C)cc(C)c1C(C)(C)CC(C)C.CC(C)Oc1ccccc1.CCC(N)C(C)C.COC(=O)NCC(NC(=O)OC)C(C)C.COC(C)C. The average molecular weight is 970 g/mol. The minimum atomic E-state index is -0.521. The van der Waals surface area contributed by atoms with Crippen molar-refractivity contribution in [1.82, 2.24) is 10.6 Å². The fourth-order valence-electron chi connectivity index (χ4n) is 5.61. The third kappa shape index (κ3) is 48.1. The van der Waals surface area contributed by atoms with Crippen LogP contribution in [0.1, 0.15) is 176 Å². The quantitative estimate of drug-likeness (QED) is 0.0880. The van der Waals surface area contributed by atoms with Crippen molar-refractivity contribution >= 4 is 24.1 Å². The first-order valence-electron chi connectivity index (χ1n) is 23.6. The Morgan fingerprint density at radius 3 is 1.50 bits per heavy atom. The second-order valence-electron chi connectivity index (χ2n) is 18.2. The Balaban J connectivity index is -0.000000136. The predicted molar refractivity (Wildman–Crippen MR) is 288 cm³/mol. The fourth-order valence-corrected chi connectivity index (χ4v) is 5.61. The van der Waals surface area contributed by atoms with Gasteiger partial charge in [0.25, 0.3) is 0 Å². The number of nitrogens with one attached hydrogen (secondary N) is 2. The maximum atomic E-state index is 11.3. The van der Waals surface area contributed by atoms with Crippen molar-refractivity contribution in [3.05, 3.63) is 59.2 Å². The molecule has 2 amide bonds. The molecule has 2 atom stereocenters. The van der Waals surface area contributed by atoms with Crippen LogP contribution < -0.4 is 25.8 Å². The van der Waals surface area contributed by atoms with Gasteiger partial charge in [0.15, 0.2) is 0 Å². The van der Waals surface area contributed by atoms with Gasteiger partial charge < -0.3 is 44.8 Å². The lowest BCUT2D eigenvalue weighted by Gasteiger charge is -2.31. The molecule has 0 spiro atoms. The van der Waals surface area contributed by atoms with Gasteiger partial charge in [0.1, 0.15) is 11.5 Å². The number of benzene rings is 2. The summed E-state index contributed by atoms with van der Waals surface area (Å²) in [5.41, 5.74) is 9.09. The van der Waals surface area contributed by atoms with Crippen LogP contribution in [0.4, 0.5) is 9.59 Å². The van der Waals surface area contributed by atoms with Gasteiger partial charge >= 0.3 is 24.1 Å². The number of rotatable bonds is 15. The zero-order valence-electron chi connectivity index (χ0n) is 46.1. The molecule has 0 bridgehead atoms. The van der Waals surface area contributed by atoms with Crippen molar-refractivity contribution in [3.8, 4) is 11.5 Å². The smallest absolute Gasteiger partial charge is 0.407 e. The number of carbonyl (C=O) groups excluding carboxylic acids is 4. The third-order valence-electron chi connectivity index (χ3n) is 8.77. The van der Waals surface area contributed by atoms with E-state index in [2.05, 4.69) is 86.3 Å². The van der Waals surface area contributed by atoms with Crippen LogP contribution in [0.2, 0.25) is 0 Å². The van der Waals surface area contributed by atoms with Crippen molar-refractivity contribution in [3.63, 3.8) is 0 Å². The number of ether oxygens (including phenoxy) is 6. The van der Waals surface area contributed by atoms with E-state index >= 15 is 0 Å². The molecule has 13 heteroatoms. The molecular weight excluding hydrogens is 863 g/mol. The van der Waals surface area contributed by atoms with Crippen LogP contribution in [0.15, 0.2) is 42.5 Å². The maximum Gasteiger partial charge on any atom is 0.407 e. The summed E-state index contributed by atoms with van der Waals surface area (Å²) in [6.45, 7) is 43.0. The molecule has 2 unspecified atom stereocenters. The van der Waals surface area contributed by atoms with Gasteiger partial charge in [-0.2, -0.15) is 0 Å². The van der Waals surface area contributed by atoms with E-state index in [-0.39, 0.29) is 50.3 Å². The molecule has 0 heterocycles. The van der Waals surface area contributed by atoms with Crippen molar-refractivity contribution in [2.75, 3.05) is 34.5 Å². The number of methoxy groups -OCH3 is 3. The Kier molecular flexibility index (Phi) is 53.1. The number of hydrogen-bond acceptors (Lipinski definition) is 11. The Bertz CT molecular complexity index is 1510. The largest absolute Gasteiger partial charge is 0.491 e. The van der Waals surface area contributed by atoms with Crippen molar-refractivity contribution in [1.29, 1.82) is 0 Å². The molecule has 0 radical (unpaired) electrons. The molecule has 0 aliphatic carbocycles. The van der Waals surface area contributed by atoms with Crippen LogP contribution in [0.5, 0.6) is 11.5 Å². The van der Waals surface area contributed by atoms with Crippen LogP contribution in [0.3, 0.4) is 0 Å². The van der Waals surface area contributed by atoms with Gasteiger partial charge in [0.2, 0.25) is 0 Å². The normalized spacial score (nSPS) is 10.8. The number of carbonyl (C=O) groups is 4. The zero-order chi connectivity index (χ0) is 52.7. The number of alkyl carbamates (subject to hydrolysis) is 2. The van der Waals surface area contributed by atoms with Crippen molar-refractivity contribution < 1.29 is 47.6 Å². The maximum absolute atomic E-state index is 11.3. The topological polar surface area (TPSA) is 174 Å². The van der Waals surface area contributed by atoms with E-state index in [1.165, 1.54) is 33.6 Å². The van der Waals surface area contributed by atoms with E-state index in [4.69, 9.17) is 19.9 Å². The monoisotopic (exact) mass is 970 g/mol. The predicted octanol–water partition coefficient (Wildman–Crippen LogP) is 13.7. The van der Waals surface area contributed by atoms with Crippen LogP contribution in [-0.2, 0) is 34.0 Å². The van der Waals surface area contributed by atoms with E-state index in [0.29, 0.717) is 43.1 Å². The number of nitrogens with two attached hydrogens (primary N) is 1. The van der Waals surface area contributed by atoms with Crippen molar-refractivity contribution in [2.45, 2.75) is 203 Å². The molecule has 402 valence electrons. The van der Waals surface area contributed by atoms with Gasteiger partial charge in [-0.15, -0.1) is 0 Å². The Labute approximate surface area is 418 Å². The molecule has 2 aromatic rings. The number of hydrogen-bond donors (Lipinski definition) is 3. The summed E-state index contributed by atoms with van der Waals surface area (Å²) < 4.78 is 29.2. The van der Waals surface area contributed by atoms with Crippen LogP contribution in [0.25, 0.3) is 0 Å². The van der Waals surface area contributed by atoms with E-state index < -0.39 is 12.2 Å². The molecule has 0 fully saturated rings. The van der Waals surface area contributed by atoms with Gasteiger partial charge in [-0.3, -0.25) is 9.59 Å². The summed E-state index contributed by atoms with van der Waals surface area (Å²) in [6, 6.07) is 14.2. The average Bonchev–Trinajstić information content (AvgIpc) is 3.21. The fraction of sp³-hybridized carbons (Fsp3) is 0.709. The molecule has 2 rings (SSSR count). The van der Waals surface area contributed by atoms with Crippen LogP contribution in [0, 0.1) is 37.5 Å². The first kappa shape index (κ1) is 77.8. The first-order chi connectivity index (χ1) is 30.5. The molecule has 0 saturated carbocycles. The van der Waals surface area contributed by atoms with Crippen molar-refractivity contribution in [2.24, 2.45) is 29.4 Å². The highest BCUT2D eigenvalue weighted by Gasteiger charge is 2.28. The molecule has 68 heavy (non-hydrogen) atoms. The number of para-hydroxylation sites is 1. The number of esters is 2. The highest BCUT2D eigenvalue weighted by atomic mass is 16.5. The standard InChI is InChI=1S/C17H26O2.C9H18N2O4.C9H12O.C6H15N.C6H12O2.C4H10O.C2H6.2CH4/c1-11(2)10-17(6,7)16-13(4)8-12(3)9-15(16)19-14(5)18;1-6(2)7(11-9(13)15-4)5-10-8(12)14-3;1-8(2)10-9-6-4-3-5-7-9;1-4-6(7)5(2)3;1-5(2)4-8-6(3)7;1-4(2)5-3;1-2;;/h8-9,11H,10H2,1-7H3;6-7H,5H2,1-4H3,(H,10,12)(H,11,13);3-8H,1-2H3;5-6H,4,7H2,1-3H3;5H,4H2,1-3H3;4H,1-3H3;1-2H3;2*1H4. The number of amides is 2. The lowest BCUT2D eigenvalue weighted by molar-refractivity contribution is -0.142. The summed E-state index contributed by atoms with van der Waals surface area (Å²) in [4.78, 5) is 43.2. The molecule has 4 N–H and O–H groups in total. The van der Waals surface area contributed by atoms with Crippen LogP contribution >= 0.6 is 0 Å². The Morgan fingerprint density at radius 2 is 1.19 bits per heavy atom. The van der Waals surface area contributed by atoms with E-state index in [1.54, 1.807) is 7.11 Å². The lowest BCUT2D eigenvalue weighted by atomic mass is 9.75. The molecular formula is C55H107N3O10. The molecule has 0 aliphatic rings. The van der Waals surface area contributed by atoms with E-state index in [1.807, 2.05) is 113 Å². The second kappa shape index (κ2) is 46.4. The number of aryl methyl sites for hydroxylation is 2. The minimum Gasteiger partial charge on any atom is -0.491 e. The summed E-state index contributed by atoms with van der Waals surface area (Å²) in [6.07, 6.45) is 1.77. The van der Waals surface area contributed by atoms with Gasteiger partial charge in [-0.05, 0) is 113 Å². The van der Waals surface area contributed by atoms with Gasteiger partial charge in [-0.1, -0.05) is 129 Å². The summed E-state index contributed by atoms with van der Waals surface area (Å²) in [5.74, 6) is 3.07. The highest BCUT2D eigenvalue weighted by molar-refractivity contribution is 5.70. The van der Waals surface area contributed by atoms with Gasteiger partial charge in [0, 0.05) is 39.1 Å². The second-order valence-corrected chi connectivity index (χ2v) is 18.2. The van der Waals surface area contributed by atoms with Gasteiger partial charge in [-0.25, -0.2) is 9.59 Å². The Hall–Kier alpha value is -4.36. The lowest BCUT2D eigenvalue weighted by Crippen LogP contribution is -2.46. The molecule has 13 nitrogen and oxygen atoms in total. The molecule has 0 aromatic heterocycles. The molecule has 0 saturated heterocycles. The minimum absolute atomic E-state index is 0. The summed E-state index contributed by atoms with van der Waals surface area (Å²) in [5, 5.41) is 5.13. The van der Waals surface area contributed by atoms with E-state index in [9.17, 15) is 19.2 Å². The van der Waals surface area contributed by atoms with E-state index in [0.717, 1.165) is 35.5 Å². The zero-order valence-corrected chi connectivity index (χ0v) is 46.1. The van der Waals surface area contributed by atoms with Crippen LogP contribution in [-0.4, -0.2) is 82.9 Å². The third-order valence-corrected chi connectivity index (χ3v) is 8.77.